The lowest BCUT2D eigenvalue weighted by Crippen LogP contribution is -2.17. The van der Waals surface area contributed by atoms with Crippen molar-refractivity contribution in [2.75, 3.05) is 6.61 Å². The zero-order valence-electron chi connectivity index (χ0n) is 14.4. The number of ether oxygens (including phenoxy) is 1. The van der Waals surface area contributed by atoms with Crippen LogP contribution in [0.4, 0.5) is 0 Å². The fraction of sp³-hybridized carbons (Fsp3) is 1.00. The third-order valence-corrected chi connectivity index (χ3v) is 3.16. The maximum absolute atomic E-state index is 8.11. The lowest BCUT2D eigenvalue weighted by atomic mass is 10.1. The summed E-state index contributed by atoms with van der Waals surface area (Å²) in [4.78, 5) is 0. The van der Waals surface area contributed by atoms with Crippen molar-refractivity contribution in [1.82, 2.24) is 0 Å². The second-order valence-corrected chi connectivity index (χ2v) is 5.78. The van der Waals surface area contributed by atoms with E-state index in [0.29, 0.717) is 12.2 Å². The van der Waals surface area contributed by atoms with Gasteiger partial charge in [-0.05, 0) is 33.6 Å². The Labute approximate surface area is 126 Å². The van der Waals surface area contributed by atoms with E-state index in [-0.39, 0.29) is 6.61 Å². The molecule has 0 heterocycles. The molecule has 3 unspecified atom stereocenters. The molecule has 0 fully saturated rings. The van der Waals surface area contributed by atoms with E-state index in [1.54, 1.807) is 0 Å². The number of aliphatic hydroxyl groups excluding tert-OH is 2. The van der Waals surface area contributed by atoms with Gasteiger partial charge >= 0.3 is 0 Å². The van der Waals surface area contributed by atoms with Gasteiger partial charge in [-0.1, -0.05) is 52.4 Å². The van der Waals surface area contributed by atoms with Crippen molar-refractivity contribution in [3.63, 3.8) is 0 Å². The molecule has 2 N–H and O–H groups in total. The zero-order chi connectivity index (χ0) is 15.8. The highest BCUT2D eigenvalue weighted by atomic mass is 16.5. The molecule has 0 amide bonds. The third-order valence-electron chi connectivity index (χ3n) is 3.16. The Bertz CT molecular complexity index is 158. The van der Waals surface area contributed by atoms with E-state index < -0.39 is 6.10 Å². The molecular formula is C17H38O3. The minimum absolute atomic E-state index is 0.139. The molecule has 0 aromatic rings. The standard InChI is InChI=1S/C14H30O.C3H8O2/c1-5-7-9-11-13(3)15-14(4)12-10-8-6-2;1-3(5)2-4/h13-14H,5-12H2,1-4H3;3-5H,2H2,1H3. The SMILES string of the molecule is CC(O)CO.CCCCCC(C)OC(C)CCCCC. The molecule has 0 spiro atoms. The van der Waals surface area contributed by atoms with Crippen molar-refractivity contribution in [2.45, 2.75) is 104 Å². The molecule has 3 nitrogen and oxygen atoms in total. The summed E-state index contributed by atoms with van der Waals surface area (Å²) in [7, 11) is 0. The second kappa shape index (κ2) is 16.9. The van der Waals surface area contributed by atoms with Crippen LogP contribution in [0.3, 0.4) is 0 Å². The van der Waals surface area contributed by atoms with Gasteiger partial charge in [0.05, 0.1) is 24.9 Å². The van der Waals surface area contributed by atoms with E-state index in [0.717, 1.165) is 0 Å². The first-order valence-electron chi connectivity index (χ1n) is 8.42. The van der Waals surface area contributed by atoms with Gasteiger partial charge < -0.3 is 14.9 Å². The average Bonchev–Trinajstić information content (AvgIpc) is 2.40. The summed E-state index contributed by atoms with van der Waals surface area (Å²) < 4.78 is 5.94. The summed E-state index contributed by atoms with van der Waals surface area (Å²) in [6, 6.07) is 0. The Hall–Kier alpha value is -0.120. The topological polar surface area (TPSA) is 49.7 Å². The molecule has 3 heteroatoms. The Kier molecular flexibility index (Phi) is 18.8. The predicted molar refractivity (Wildman–Crippen MR) is 87.1 cm³/mol. The number of hydrogen-bond acceptors (Lipinski definition) is 3. The third kappa shape index (κ3) is 20.2. The maximum Gasteiger partial charge on any atom is 0.0742 e. The van der Waals surface area contributed by atoms with Crippen molar-refractivity contribution < 1.29 is 14.9 Å². The molecular weight excluding hydrogens is 252 g/mol. The highest BCUT2D eigenvalue weighted by Gasteiger charge is 2.07. The summed E-state index contributed by atoms with van der Waals surface area (Å²) in [5, 5.41) is 16.0. The molecule has 0 aromatic carbocycles. The Balaban J connectivity index is 0. The van der Waals surface area contributed by atoms with Crippen LogP contribution in [-0.4, -0.2) is 35.1 Å². The van der Waals surface area contributed by atoms with E-state index in [1.165, 1.54) is 58.3 Å². The largest absolute Gasteiger partial charge is 0.394 e. The molecule has 0 rings (SSSR count). The highest BCUT2D eigenvalue weighted by molar-refractivity contribution is 4.57. The monoisotopic (exact) mass is 290 g/mol. The van der Waals surface area contributed by atoms with Gasteiger partial charge in [0.2, 0.25) is 0 Å². The van der Waals surface area contributed by atoms with Crippen LogP contribution in [0.15, 0.2) is 0 Å². The van der Waals surface area contributed by atoms with Crippen LogP contribution >= 0.6 is 0 Å². The van der Waals surface area contributed by atoms with Gasteiger partial charge in [-0.25, -0.2) is 0 Å². The van der Waals surface area contributed by atoms with Gasteiger partial charge in [-0.2, -0.15) is 0 Å². The average molecular weight is 290 g/mol. The molecule has 3 atom stereocenters. The summed E-state index contributed by atoms with van der Waals surface area (Å²) in [6.07, 6.45) is 10.7. The molecule has 0 saturated carbocycles. The van der Waals surface area contributed by atoms with Gasteiger partial charge in [0, 0.05) is 0 Å². The number of unbranched alkanes of at least 4 members (excludes halogenated alkanes) is 4. The minimum atomic E-state index is -0.560. The van der Waals surface area contributed by atoms with Gasteiger partial charge in [0.1, 0.15) is 0 Å². The van der Waals surface area contributed by atoms with E-state index in [1.807, 2.05) is 0 Å². The number of aliphatic hydroxyl groups is 2. The van der Waals surface area contributed by atoms with Gasteiger partial charge in [-0.3, -0.25) is 0 Å². The van der Waals surface area contributed by atoms with Gasteiger partial charge in [0.25, 0.3) is 0 Å². The molecule has 0 radical (unpaired) electrons. The molecule has 0 aliphatic heterocycles. The Morgan fingerprint density at radius 2 is 1.15 bits per heavy atom. The molecule has 20 heavy (non-hydrogen) atoms. The van der Waals surface area contributed by atoms with Crippen LogP contribution in [0.2, 0.25) is 0 Å². The van der Waals surface area contributed by atoms with Crippen molar-refractivity contribution in [2.24, 2.45) is 0 Å². The maximum atomic E-state index is 8.11. The first-order chi connectivity index (χ1) is 9.47. The Morgan fingerprint density at radius 1 is 0.800 bits per heavy atom. The summed E-state index contributed by atoms with van der Waals surface area (Å²) >= 11 is 0. The van der Waals surface area contributed by atoms with Crippen LogP contribution in [0.5, 0.6) is 0 Å². The molecule has 0 bridgehead atoms. The van der Waals surface area contributed by atoms with Crippen LogP contribution in [0.1, 0.15) is 86.0 Å². The molecule has 0 aliphatic rings. The highest BCUT2D eigenvalue weighted by Crippen LogP contribution is 2.12. The summed E-state index contributed by atoms with van der Waals surface area (Å²) in [5.41, 5.74) is 0. The first kappa shape index (κ1) is 22.2. The second-order valence-electron chi connectivity index (χ2n) is 5.78. The van der Waals surface area contributed by atoms with Crippen LogP contribution in [0.25, 0.3) is 0 Å². The summed E-state index contributed by atoms with van der Waals surface area (Å²) in [5.74, 6) is 0. The minimum Gasteiger partial charge on any atom is -0.394 e. The van der Waals surface area contributed by atoms with Gasteiger partial charge in [-0.15, -0.1) is 0 Å². The predicted octanol–water partition coefficient (Wildman–Crippen LogP) is 4.30. The lowest BCUT2D eigenvalue weighted by molar-refractivity contribution is -0.00220. The van der Waals surface area contributed by atoms with E-state index in [2.05, 4.69) is 27.7 Å². The van der Waals surface area contributed by atoms with Crippen molar-refractivity contribution in [3.05, 3.63) is 0 Å². The number of hydrogen-bond donors (Lipinski definition) is 2. The van der Waals surface area contributed by atoms with E-state index in [4.69, 9.17) is 14.9 Å². The fourth-order valence-corrected chi connectivity index (χ4v) is 1.90. The van der Waals surface area contributed by atoms with Crippen molar-refractivity contribution in [3.8, 4) is 0 Å². The number of rotatable bonds is 11. The van der Waals surface area contributed by atoms with Crippen molar-refractivity contribution in [1.29, 1.82) is 0 Å². The summed E-state index contributed by atoms with van der Waals surface area (Å²) in [6.45, 7) is 10.3. The van der Waals surface area contributed by atoms with Crippen molar-refractivity contribution >= 4 is 0 Å². The lowest BCUT2D eigenvalue weighted by Gasteiger charge is -2.19. The van der Waals surface area contributed by atoms with E-state index in [9.17, 15) is 0 Å². The molecule has 0 aromatic heterocycles. The first-order valence-corrected chi connectivity index (χ1v) is 8.42. The van der Waals surface area contributed by atoms with Crippen LogP contribution in [-0.2, 0) is 4.74 Å². The normalized spacial score (nSPS) is 15.2. The van der Waals surface area contributed by atoms with Crippen LogP contribution in [0, 0.1) is 0 Å². The van der Waals surface area contributed by atoms with Gasteiger partial charge in [0.15, 0.2) is 0 Å². The molecule has 0 aliphatic carbocycles. The fourth-order valence-electron chi connectivity index (χ4n) is 1.90. The molecule has 124 valence electrons. The molecule has 0 saturated heterocycles. The Morgan fingerprint density at radius 3 is 1.40 bits per heavy atom. The van der Waals surface area contributed by atoms with Crippen LogP contribution < -0.4 is 0 Å². The zero-order valence-corrected chi connectivity index (χ0v) is 14.4. The van der Waals surface area contributed by atoms with E-state index >= 15 is 0 Å². The quantitative estimate of drug-likeness (QED) is 0.558. The smallest absolute Gasteiger partial charge is 0.0742 e.